The molecule has 1 heterocycles. The molecule has 3 rings (SSSR count). The van der Waals surface area contributed by atoms with Crippen LogP contribution in [0, 0.1) is 0 Å². The van der Waals surface area contributed by atoms with E-state index >= 15 is 0 Å². The number of nitrogens with one attached hydrogen (secondary N) is 2. The summed E-state index contributed by atoms with van der Waals surface area (Å²) in [6.45, 7) is 2.50. The molecule has 0 bridgehead atoms. The van der Waals surface area contributed by atoms with Gasteiger partial charge in [0.2, 0.25) is 0 Å². The Morgan fingerprint density at radius 3 is 2.60 bits per heavy atom. The van der Waals surface area contributed by atoms with Gasteiger partial charge in [0.05, 0.1) is 12.8 Å². The van der Waals surface area contributed by atoms with Gasteiger partial charge in [-0.1, -0.05) is 24.3 Å². The van der Waals surface area contributed by atoms with Crippen LogP contribution in [-0.4, -0.2) is 64.2 Å². The van der Waals surface area contributed by atoms with Crippen molar-refractivity contribution in [3.8, 4) is 5.75 Å². The number of benzene rings is 2. The van der Waals surface area contributed by atoms with Crippen LogP contribution >= 0.6 is 0 Å². The minimum atomic E-state index is 0.00724. The third kappa shape index (κ3) is 5.23. The summed E-state index contributed by atoms with van der Waals surface area (Å²) in [5.41, 5.74) is 2.91. The van der Waals surface area contributed by atoms with E-state index in [9.17, 15) is 4.79 Å². The first-order chi connectivity index (χ1) is 14.5. The highest BCUT2D eigenvalue weighted by Gasteiger charge is 2.25. The second-order valence-corrected chi connectivity index (χ2v) is 7.57. The standard InChI is InChI=1S/C23H31N5O2/c1-24-23(25-15-17-9-11-18(12-10-17)22(29)27(2)3)26-19-13-14-28(16-19)20-7-5-6-8-21(20)30-4/h5-12,19H,13-16H2,1-4H3,(H2,24,25,26). The van der Waals surface area contributed by atoms with E-state index in [0.717, 1.165) is 42.5 Å². The fourth-order valence-corrected chi connectivity index (χ4v) is 3.59. The van der Waals surface area contributed by atoms with E-state index < -0.39 is 0 Å². The first-order valence-electron chi connectivity index (χ1n) is 10.2. The minimum absolute atomic E-state index is 0.00724. The maximum atomic E-state index is 12.0. The first kappa shape index (κ1) is 21.5. The number of methoxy groups -OCH3 is 1. The molecular formula is C23H31N5O2. The number of carbonyl (C=O) groups is 1. The zero-order valence-corrected chi connectivity index (χ0v) is 18.2. The number of aliphatic imine (C=N–C) groups is 1. The topological polar surface area (TPSA) is 69.2 Å². The van der Waals surface area contributed by atoms with Gasteiger partial charge in [-0.3, -0.25) is 9.79 Å². The fraction of sp³-hybridized carbons (Fsp3) is 0.391. The molecule has 0 aromatic heterocycles. The van der Waals surface area contributed by atoms with E-state index in [2.05, 4.69) is 26.6 Å². The molecule has 1 aliphatic heterocycles. The quantitative estimate of drug-likeness (QED) is 0.566. The molecule has 1 aliphatic rings. The van der Waals surface area contributed by atoms with E-state index in [1.54, 1.807) is 33.2 Å². The molecule has 2 N–H and O–H groups in total. The van der Waals surface area contributed by atoms with Gasteiger partial charge in [0, 0.05) is 52.4 Å². The molecule has 1 fully saturated rings. The molecule has 2 aromatic rings. The van der Waals surface area contributed by atoms with Gasteiger partial charge >= 0.3 is 0 Å². The Bertz CT molecular complexity index is 879. The van der Waals surface area contributed by atoms with Gasteiger partial charge < -0.3 is 25.2 Å². The SMILES string of the molecule is CN=C(NCc1ccc(C(=O)N(C)C)cc1)NC1CCN(c2ccccc2OC)C1. The number of carbonyl (C=O) groups excluding carboxylic acids is 1. The number of ether oxygens (including phenoxy) is 1. The van der Waals surface area contributed by atoms with Crippen molar-refractivity contribution in [2.24, 2.45) is 4.99 Å². The second-order valence-electron chi connectivity index (χ2n) is 7.57. The van der Waals surface area contributed by atoms with Crippen molar-refractivity contribution in [3.05, 3.63) is 59.7 Å². The number of rotatable bonds is 6. The van der Waals surface area contributed by atoms with Crippen LogP contribution in [0.5, 0.6) is 5.75 Å². The largest absolute Gasteiger partial charge is 0.495 e. The van der Waals surface area contributed by atoms with Gasteiger partial charge in [-0.05, 0) is 36.2 Å². The van der Waals surface area contributed by atoms with Gasteiger partial charge in [-0.15, -0.1) is 0 Å². The van der Waals surface area contributed by atoms with Gasteiger partial charge in [0.15, 0.2) is 5.96 Å². The molecule has 0 spiro atoms. The summed E-state index contributed by atoms with van der Waals surface area (Å²) in [6, 6.07) is 16.1. The summed E-state index contributed by atoms with van der Waals surface area (Å²) in [6.07, 6.45) is 1.03. The van der Waals surface area contributed by atoms with Gasteiger partial charge in [-0.25, -0.2) is 0 Å². The van der Waals surface area contributed by atoms with Crippen LogP contribution < -0.4 is 20.3 Å². The first-order valence-corrected chi connectivity index (χ1v) is 10.2. The minimum Gasteiger partial charge on any atom is -0.495 e. The van der Waals surface area contributed by atoms with Crippen LogP contribution in [0.4, 0.5) is 5.69 Å². The smallest absolute Gasteiger partial charge is 0.253 e. The highest BCUT2D eigenvalue weighted by molar-refractivity contribution is 5.93. The van der Waals surface area contributed by atoms with Crippen LogP contribution in [0.3, 0.4) is 0 Å². The van der Waals surface area contributed by atoms with Crippen LogP contribution in [0.2, 0.25) is 0 Å². The summed E-state index contributed by atoms with van der Waals surface area (Å²) in [5, 5.41) is 6.87. The monoisotopic (exact) mass is 409 g/mol. The van der Waals surface area contributed by atoms with Gasteiger partial charge in [-0.2, -0.15) is 0 Å². The van der Waals surface area contributed by atoms with Crippen LogP contribution in [0.25, 0.3) is 0 Å². The summed E-state index contributed by atoms with van der Waals surface area (Å²) >= 11 is 0. The number of anilines is 1. The van der Waals surface area contributed by atoms with Crippen molar-refractivity contribution in [3.63, 3.8) is 0 Å². The number of amides is 1. The maximum absolute atomic E-state index is 12.0. The molecule has 0 saturated carbocycles. The maximum Gasteiger partial charge on any atom is 0.253 e. The zero-order chi connectivity index (χ0) is 21.5. The Kier molecular flexibility index (Phi) is 7.17. The summed E-state index contributed by atoms with van der Waals surface area (Å²) < 4.78 is 5.50. The summed E-state index contributed by atoms with van der Waals surface area (Å²) in [4.78, 5) is 20.3. The normalized spacial score (nSPS) is 16.3. The molecule has 0 aliphatic carbocycles. The molecule has 0 radical (unpaired) electrons. The highest BCUT2D eigenvalue weighted by atomic mass is 16.5. The number of guanidine groups is 1. The summed E-state index contributed by atoms with van der Waals surface area (Å²) in [5.74, 6) is 1.68. The predicted octanol–water partition coefficient (Wildman–Crippen LogP) is 2.34. The van der Waals surface area contributed by atoms with Crippen molar-refractivity contribution in [1.82, 2.24) is 15.5 Å². The molecular weight excluding hydrogens is 378 g/mol. The molecule has 2 aromatic carbocycles. The van der Waals surface area contributed by atoms with E-state index in [4.69, 9.17) is 4.74 Å². The van der Waals surface area contributed by atoms with Crippen LogP contribution in [0.1, 0.15) is 22.3 Å². The number of hydrogen-bond acceptors (Lipinski definition) is 4. The van der Waals surface area contributed by atoms with Crippen LogP contribution in [0.15, 0.2) is 53.5 Å². The predicted molar refractivity (Wildman–Crippen MR) is 121 cm³/mol. The molecule has 1 amide bonds. The highest BCUT2D eigenvalue weighted by Crippen LogP contribution is 2.30. The van der Waals surface area contributed by atoms with Crippen molar-refractivity contribution in [2.45, 2.75) is 19.0 Å². The molecule has 1 atom stereocenters. The van der Waals surface area contributed by atoms with Gasteiger partial charge in [0.1, 0.15) is 5.75 Å². The number of para-hydroxylation sites is 2. The average molecular weight is 410 g/mol. The van der Waals surface area contributed by atoms with E-state index in [0.29, 0.717) is 18.2 Å². The lowest BCUT2D eigenvalue weighted by Gasteiger charge is -2.22. The van der Waals surface area contributed by atoms with Gasteiger partial charge in [0.25, 0.3) is 5.91 Å². The average Bonchev–Trinajstić information content (AvgIpc) is 3.24. The molecule has 1 unspecified atom stereocenters. The van der Waals surface area contributed by atoms with E-state index in [1.165, 1.54) is 0 Å². The number of hydrogen-bond donors (Lipinski definition) is 2. The zero-order valence-electron chi connectivity index (χ0n) is 18.2. The lowest BCUT2D eigenvalue weighted by molar-refractivity contribution is 0.0827. The van der Waals surface area contributed by atoms with Crippen molar-refractivity contribution < 1.29 is 9.53 Å². The lowest BCUT2D eigenvalue weighted by Crippen LogP contribution is -2.44. The van der Waals surface area contributed by atoms with Crippen LogP contribution in [-0.2, 0) is 6.54 Å². The molecule has 1 saturated heterocycles. The molecule has 160 valence electrons. The van der Waals surface area contributed by atoms with Crippen molar-refractivity contribution in [1.29, 1.82) is 0 Å². The Balaban J connectivity index is 1.52. The molecule has 7 nitrogen and oxygen atoms in total. The molecule has 7 heteroatoms. The molecule has 30 heavy (non-hydrogen) atoms. The van der Waals surface area contributed by atoms with E-state index in [-0.39, 0.29) is 5.91 Å². The summed E-state index contributed by atoms with van der Waals surface area (Å²) in [7, 11) is 7.00. The third-order valence-electron chi connectivity index (χ3n) is 5.25. The van der Waals surface area contributed by atoms with Crippen molar-refractivity contribution >= 4 is 17.6 Å². The Morgan fingerprint density at radius 2 is 1.93 bits per heavy atom. The Labute approximate surface area is 178 Å². The Morgan fingerprint density at radius 1 is 1.20 bits per heavy atom. The number of nitrogens with zero attached hydrogens (tertiary/aromatic N) is 3. The third-order valence-corrected chi connectivity index (χ3v) is 5.25. The lowest BCUT2D eigenvalue weighted by atomic mass is 10.1. The van der Waals surface area contributed by atoms with Crippen molar-refractivity contribution in [2.75, 3.05) is 46.2 Å². The second kappa shape index (κ2) is 10.0. The Hall–Kier alpha value is -3.22. The fourth-order valence-electron chi connectivity index (χ4n) is 3.59. The van der Waals surface area contributed by atoms with E-state index in [1.807, 2.05) is 42.5 Å².